The zero-order chi connectivity index (χ0) is 9.97. The number of nitrogen functional groups attached to an aromatic ring is 1. The Hall–Kier alpha value is -2.04. The van der Waals surface area contributed by atoms with Gasteiger partial charge in [0.1, 0.15) is 0 Å². The summed E-state index contributed by atoms with van der Waals surface area (Å²) in [5.41, 5.74) is 6.17. The quantitative estimate of drug-likeness (QED) is 0.772. The molecule has 2 heterocycles. The van der Waals surface area contributed by atoms with Crippen molar-refractivity contribution in [1.29, 1.82) is 0 Å². The molecule has 14 heavy (non-hydrogen) atoms. The van der Waals surface area contributed by atoms with Gasteiger partial charge in [-0.2, -0.15) is 5.10 Å². The van der Waals surface area contributed by atoms with Crippen LogP contribution in [0.15, 0.2) is 30.7 Å². The number of nitrogens with zero attached hydrogens (tertiary/aromatic N) is 3. The Balaban J connectivity index is 2.23. The molecule has 0 spiro atoms. The highest BCUT2D eigenvalue weighted by Gasteiger charge is 2.03. The molecule has 72 valence electrons. The van der Waals surface area contributed by atoms with E-state index in [1.165, 1.54) is 0 Å². The molecule has 0 radical (unpaired) electrons. The van der Waals surface area contributed by atoms with Gasteiger partial charge in [-0.05, 0) is 12.1 Å². The molecule has 0 unspecified atom stereocenters. The van der Waals surface area contributed by atoms with E-state index in [0.717, 1.165) is 0 Å². The Labute approximate surface area is 81.1 Å². The van der Waals surface area contributed by atoms with Gasteiger partial charge < -0.3 is 10.5 Å². The van der Waals surface area contributed by atoms with Crippen molar-refractivity contribution in [2.45, 2.75) is 0 Å². The maximum Gasteiger partial charge on any atom is 0.242 e. The van der Waals surface area contributed by atoms with Crippen molar-refractivity contribution in [3.63, 3.8) is 0 Å². The summed E-state index contributed by atoms with van der Waals surface area (Å²) in [6, 6.07) is 3.49. The number of nitrogens with two attached hydrogens (primary N) is 1. The summed E-state index contributed by atoms with van der Waals surface area (Å²) in [5, 5.41) is 3.97. The molecule has 0 saturated heterocycles. The highest BCUT2D eigenvalue weighted by Crippen LogP contribution is 2.23. The molecule has 2 rings (SSSR count). The number of anilines is 1. The second-order valence-corrected chi connectivity index (χ2v) is 2.85. The molecule has 5 heteroatoms. The Morgan fingerprint density at radius 2 is 2.36 bits per heavy atom. The lowest BCUT2D eigenvalue weighted by Crippen LogP contribution is -1.93. The zero-order valence-electron chi connectivity index (χ0n) is 7.71. The lowest BCUT2D eigenvalue weighted by molar-refractivity contribution is 0.465. The van der Waals surface area contributed by atoms with Gasteiger partial charge in [-0.15, -0.1) is 0 Å². The summed E-state index contributed by atoms with van der Waals surface area (Å²) in [7, 11) is 1.81. The first-order valence-corrected chi connectivity index (χ1v) is 4.13. The first-order valence-electron chi connectivity index (χ1n) is 4.13. The van der Waals surface area contributed by atoms with Crippen molar-refractivity contribution >= 4 is 5.69 Å². The molecule has 2 N–H and O–H groups in total. The van der Waals surface area contributed by atoms with Crippen LogP contribution in [-0.2, 0) is 7.05 Å². The van der Waals surface area contributed by atoms with Crippen LogP contribution in [0.1, 0.15) is 0 Å². The number of pyridine rings is 1. The first kappa shape index (κ1) is 8.55. The SMILES string of the molecule is Cn1cc(Oc2ncccc2N)cn1. The van der Waals surface area contributed by atoms with Gasteiger partial charge in [-0.3, -0.25) is 4.68 Å². The van der Waals surface area contributed by atoms with E-state index in [1.807, 2.05) is 7.05 Å². The largest absolute Gasteiger partial charge is 0.434 e. The lowest BCUT2D eigenvalue weighted by Gasteiger charge is -2.03. The number of hydrogen-bond donors (Lipinski definition) is 1. The van der Waals surface area contributed by atoms with Gasteiger partial charge in [0, 0.05) is 13.2 Å². The van der Waals surface area contributed by atoms with Gasteiger partial charge in [0.05, 0.1) is 18.1 Å². The van der Waals surface area contributed by atoms with Crippen LogP contribution >= 0.6 is 0 Å². The Bertz CT molecular complexity index is 438. The molecular weight excluding hydrogens is 180 g/mol. The molecule has 0 fully saturated rings. The number of ether oxygens (including phenoxy) is 1. The summed E-state index contributed by atoms with van der Waals surface area (Å²) in [6.07, 6.45) is 4.98. The van der Waals surface area contributed by atoms with E-state index in [4.69, 9.17) is 10.5 Å². The summed E-state index contributed by atoms with van der Waals surface area (Å²) in [6.45, 7) is 0. The summed E-state index contributed by atoms with van der Waals surface area (Å²) in [5.74, 6) is 1.03. The van der Waals surface area contributed by atoms with E-state index in [9.17, 15) is 0 Å². The Morgan fingerprint density at radius 3 is 3.00 bits per heavy atom. The number of rotatable bonds is 2. The summed E-state index contributed by atoms with van der Waals surface area (Å²) in [4.78, 5) is 4.00. The van der Waals surface area contributed by atoms with Gasteiger partial charge in [0.15, 0.2) is 5.75 Å². The molecule has 2 aromatic rings. The average Bonchev–Trinajstić information content (AvgIpc) is 2.56. The smallest absolute Gasteiger partial charge is 0.242 e. The van der Waals surface area contributed by atoms with E-state index in [2.05, 4.69) is 10.1 Å². The van der Waals surface area contributed by atoms with Crippen molar-refractivity contribution in [3.8, 4) is 11.6 Å². The molecule has 0 aliphatic rings. The molecule has 0 aliphatic carbocycles. The van der Waals surface area contributed by atoms with Crippen LogP contribution in [0.5, 0.6) is 11.6 Å². The third-order valence-electron chi connectivity index (χ3n) is 1.70. The third-order valence-corrected chi connectivity index (χ3v) is 1.70. The first-order chi connectivity index (χ1) is 6.75. The van der Waals surface area contributed by atoms with Crippen molar-refractivity contribution in [2.24, 2.45) is 7.05 Å². The predicted molar refractivity (Wildman–Crippen MR) is 51.9 cm³/mol. The van der Waals surface area contributed by atoms with Crippen molar-refractivity contribution in [3.05, 3.63) is 30.7 Å². The number of hydrogen-bond acceptors (Lipinski definition) is 4. The molecule has 5 nitrogen and oxygen atoms in total. The minimum atomic E-state index is 0.403. The lowest BCUT2D eigenvalue weighted by atomic mass is 10.4. The van der Waals surface area contributed by atoms with Crippen LogP contribution in [0.3, 0.4) is 0 Å². The van der Waals surface area contributed by atoms with Crippen LogP contribution in [0, 0.1) is 0 Å². The third kappa shape index (κ3) is 1.66. The molecule has 0 aromatic carbocycles. The molecule has 0 atom stereocenters. The summed E-state index contributed by atoms with van der Waals surface area (Å²) >= 11 is 0. The minimum Gasteiger partial charge on any atom is -0.434 e. The molecular formula is C9H10N4O. The van der Waals surface area contributed by atoms with Crippen LogP contribution in [-0.4, -0.2) is 14.8 Å². The molecule has 0 bridgehead atoms. The molecule has 2 aromatic heterocycles. The van der Waals surface area contributed by atoms with Gasteiger partial charge in [-0.25, -0.2) is 4.98 Å². The van der Waals surface area contributed by atoms with Crippen molar-refractivity contribution < 1.29 is 4.74 Å². The van der Waals surface area contributed by atoms with Crippen molar-refractivity contribution in [1.82, 2.24) is 14.8 Å². The Kier molecular flexibility index (Phi) is 2.06. The van der Waals surface area contributed by atoms with Gasteiger partial charge in [0.2, 0.25) is 5.88 Å². The predicted octanol–water partition coefficient (Wildman–Crippen LogP) is 1.19. The van der Waals surface area contributed by atoms with Gasteiger partial charge in [-0.1, -0.05) is 0 Å². The van der Waals surface area contributed by atoms with Crippen molar-refractivity contribution in [2.75, 3.05) is 5.73 Å². The van der Waals surface area contributed by atoms with E-state index in [0.29, 0.717) is 17.3 Å². The normalized spacial score (nSPS) is 10.1. The van der Waals surface area contributed by atoms with E-state index < -0.39 is 0 Å². The fourth-order valence-corrected chi connectivity index (χ4v) is 1.05. The van der Waals surface area contributed by atoms with E-state index in [-0.39, 0.29) is 0 Å². The van der Waals surface area contributed by atoms with Gasteiger partial charge >= 0.3 is 0 Å². The number of aromatic nitrogens is 3. The van der Waals surface area contributed by atoms with Crippen LogP contribution in [0.4, 0.5) is 5.69 Å². The van der Waals surface area contributed by atoms with E-state index >= 15 is 0 Å². The average molecular weight is 190 g/mol. The Morgan fingerprint density at radius 1 is 1.50 bits per heavy atom. The topological polar surface area (TPSA) is 66.0 Å². The molecule has 0 aliphatic heterocycles. The second kappa shape index (κ2) is 3.37. The fourth-order valence-electron chi connectivity index (χ4n) is 1.05. The highest BCUT2D eigenvalue weighted by molar-refractivity contribution is 5.48. The zero-order valence-corrected chi connectivity index (χ0v) is 7.71. The summed E-state index contributed by atoms with van der Waals surface area (Å²) < 4.78 is 7.06. The highest BCUT2D eigenvalue weighted by atomic mass is 16.5. The van der Waals surface area contributed by atoms with Gasteiger partial charge in [0.25, 0.3) is 0 Å². The second-order valence-electron chi connectivity index (χ2n) is 2.85. The maximum absolute atomic E-state index is 5.66. The standard InChI is InChI=1S/C9H10N4O/c1-13-6-7(5-12-13)14-9-8(10)3-2-4-11-9/h2-6H,10H2,1H3. The van der Waals surface area contributed by atoms with Crippen LogP contribution in [0.25, 0.3) is 0 Å². The van der Waals surface area contributed by atoms with Crippen LogP contribution in [0.2, 0.25) is 0 Å². The minimum absolute atomic E-state index is 0.403. The monoisotopic (exact) mass is 190 g/mol. The fraction of sp³-hybridized carbons (Fsp3) is 0.111. The van der Waals surface area contributed by atoms with E-state index in [1.54, 1.807) is 35.4 Å². The number of aryl methyl sites for hydroxylation is 1. The molecule has 0 saturated carbocycles. The van der Waals surface area contributed by atoms with Crippen LogP contribution < -0.4 is 10.5 Å². The molecule has 0 amide bonds. The maximum atomic E-state index is 5.66.